The van der Waals surface area contributed by atoms with E-state index in [1.807, 2.05) is 36.6 Å². The first-order valence-corrected chi connectivity index (χ1v) is 12.2. The molecule has 32 heavy (non-hydrogen) atoms. The van der Waals surface area contributed by atoms with Crippen molar-refractivity contribution in [3.63, 3.8) is 0 Å². The van der Waals surface area contributed by atoms with E-state index < -0.39 is 11.9 Å². The molecule has 2 heterocycles. The van der Waals surface area contributed by atoms with Crippen LogP contribution in [-0.2, 0) is 9.59 Å². The molecule has 172 valence electrons. The quantitative estimate of drug-likeness (QED) is 0.505. The zero-order chi connectivity index (χ0) is 22.8. The van der Waals surface area contributed by atoms with Gasteiger partial charge < -0.3 is 20.4 Å². The number of piperidine rings is 1. The number of hydrogen-bond acceptors (Lipinski definition) is 6. The molecule has 8 nitrogen and oxygen atoms in total. The predicted octanol–water partition coefficient (Wildman–Crippen LogP) is 2.35. The maximum absolute atomic E-state index is 12.8. The molecule has 0 saturated carbocycles. The highest BCUT2D eigenvalue weighted by molar-refractivity contribution is 7.98. The number of nitrogens with zero attached hydrogens (tertiary/aromatic N) is 1. The maximum Gasteiger partial charge on any atom is 0.287 e. The molecule has 1 aliphatic heterocycles. The molecule has 1 atom stereocenters. The standard InChI is InChI=1S/C23H30N4O4S/c1-32-15-11-19(26-23(30)20-8-5-14-31-20)22(29)25-18-9-12-27(13-10-18)16-21(28)24-17-6-3-2-4-7-17/h2-8,14,18-19H,9-13,15-16H2,1H3,(H,24,28)(H,25,29)(H,26,30)/t19-/m0/s1. The lowest BCUT2D eigenvalue weighted by Crippen LogP contribution is -2.52. The van der Waals surface area contributed by atoms with Gasteiger partial charge in [-0.2, -0.15) is 11.8 Å². The smallest absolute Gasteiger partial charge is 0.287 e. The molecule has 0 unspecified atom stereocenters. The van der Waals surface area contributed by atoms with Crippen molar-refractivity contribution in [1.82, 2.24) is 15.5 Å². The van der Waals surface area contributed by atoms with Crippen LogP contribution in [0.4, 0.5) is 5.69 Å². The molecule has 0 radical (unpaired) electrons. The molecule has 3 N–H and O–H groups in total. The summed E-state index contributed by atoms with van der Waals surface area (Å²) in [4.78, 5) is 39.5. The molecule has 2 aromatic rings. The third-order valence-electron chi connectivity index (χ3n) is 5.34. The van der Waals surface area contributed by atoms with Crippen LogP contribution in [0.3, 0.4) is 0 Å². The van der Waals surface area contributed by atoms with E-state index in [0.29, 0.717) is 13.0 Å². The van der Waals surface area contributed by atoms with Crippen molar-refractivity contribution in [1.29, 1.82) is 0 Å². The van der Waals surface area contributed by atoms with E-state index in [0.717, 1.165) is 37.4 Å². The summed E-state index contributed by atoms with van der Waals surface area (Å²) in [6, 6.07) is 12.0. The molecule has 3 rings (SSSR count). The summed E-state index contributed by atoms with van der Waals surface area (Å²) >= 11 is 1.63. The van der Waals surface area contributed by atoms with Gasteiger partial charge in [0.1, 0.15) is 6.04 Å². The van der Waals surface area contributed by atoms with E-state index in [9.17, 15) is 14.4 Å². The van der Waals surface area contributed by atoms with Gasteiger partial charge in [0.25, 0.3) is 5.91 Å². The highest BCUT2D eigenvalue weighted by Crippen LogP contribution is 2.12. The fourth-order valence-corrected chi connectivity index (χ4v) is 4.08. The molecule has 0 bridgehead atoms. The first-order valence-electron chi connectivity index (χ1n) is 10.8. The number of carbonyl (C=O) groups excluding carboxylic acids is 3. The highest BCUT2D eigenvalue weighted by Gasteiger charge is 2.27. The maximum atomic E-state index is 12.8. The van der Waals surface area contributed by atoms with E-state index in [2.05, 4.69) is 20.9 Å². The van der Waals surface area contributed by atoms with Crippen molar-refractivity contribution in [3.8, 4) is 0 Å². The topological polar surface area (TPSA) is 104 Å². The van der Waals surface area contributed by atoms with Crippen LogP contribution in [0.15, 0.2) is 53.1 Å². The van der Waals surface area contributed by atoms with Crippen molar-refractivity contribution >= 4 is 35.2 Å². The second kappa shape index (κ2) is 12.3. The third kappa shape index (κ3) is 7.42. The highest BCUT2D eigenvalue weighted by atomic mass is 32.2. The van der Waals surface area contributed by atoms with Gasteiger partial charge in [0.05, 0.1) is 12.8 Å². The Morgan fingerprint density at radius 1 is 1.12 bits per heavy atom. The fraction of sp³-hybridized carbons (Fsp3) is 0.435. The van der Waals surface area contributed by atoms with Crippen molar-refractivity contribution in [2.45, 2.75) is 31.3 Å². The first-order chi connectivity index (χ1) is 15.5. The minimum atomic E-state index is -0.616. The van der Waals surface area contributed by atoms with Crippen molar-refractivity contribution in [2.75, 3.05) is 37.0 Å². The number of thioether (sulfide) groups is 1. The molecule has 3 amide bonds. The van der Waals surface area contributed by atoms with Crippen LogP contribution >= 0.6 is 11.8 Å². The Morgan fingerprint density at radius 3 is 2.53 bits per heavy atom. The lowest BCUT2D eigenvalue weighted by Gasteiger charge is -2.32. The van der Waals surface area contributed by atoms with Gasteiger partial charge in [-0.05, 0) is 55.5 Å². The summed E-state index contributed by atoms with van der Waals surface area (Å²) < 4.78 is 5.12. The van der Waals surface area contributed by atoms with Crippen molar-refractivity contribution < 1.29 is 18.8 Å². The monoisotopic (exact) mass is 458 g/mol. The Morgan fingerprint density at radius 2 is 1.88 bits per heavy atom. The Balaban J connectivity index is 1.44. The Kier molecular flexibility index (Phi) is 9.18. The van der Waals surface area contributed by atoms with Crippen LogP contribution in [0.1, 0.15) is 29.8 Å². The van der Waals surface area contributed by atoms with Gasteiger partial charge in [-0.25, -0.2) is 0 Å². The number of furan rings is 1. The first kappa shape index (κ1) is 23.9. The van der Waals surface area contributed by atoms with Crippen molar-refractivity contribution in [3.05, 3.63) is 54.5 Å². The average molecular weight is 459 g/mol. The Bertz CT molecular complexity index is 867. The molecule has 1 fully saturated rings. The zero-order valence-electron chi connectivity index (χ0n) is 18.2. The normalized spacial score (nSPS) is 15.7. The molecule has 1 aliphatic rings. The molecular weight excluding hydrogens is 428 g/mol. The van der Waals surface area contributed by atoms with E-state index >= 15 is 0 Å². The number of amides is 3. The molecular formula is C23H30N4O4S. The summed E-state index contributed by atoms with van der Waals surface area (Å²) in [6.07, 6.45) is 5.45. The van der Waals surface area contributed by atoms with Gasteiger partial charge >= 0.3 is 0 Å². The number of likely N-dealkylation sites (tertiary alicyclic amines) is 1. The van der Waals surface area contributed by atoms with Gasteiger partial charge in [0.2, 0.25) is 11.8 Å². The molecule has 0 spiro atoms. The zero-order valence-corrected chi connectivity index (χ0v) is 19.0. The van der Waals surface area contributed by atoms with Crippen LogP contribution in [0, 0.1) is 0 Å². The summed E-state index contributed by atoms with van der Waals surface area (Å²) in [5.41, 5.74) is 0.785. The molecule has 9 heteroatoms. The SMILES string of the molecule is CSCC[C@H](NC(=O)c1ccco1)C(=O)NC1CCN(CC(=O)Nc2ccccc2)CC1. The number of hydrogen-bond donors (Lipinski definition) is 3. The Hall–Kier alpha value is -2.78. The van der Waals surface area contributed by atoms with Crippen LogP contribution in [-0.4, -0.2) is 66.3 Å². The number of carbonyl (C=O) groups is 3. The summed E-state index contributed by atoms with van der Waals surface area (Å²) in [7, 11) is 0. The molecule has 1 aromatic carbocycles. The van der Waals surface area contributed by atoms with Crippen LogP contribution in [0.5, 0.6) is 0 Å². The number of rotatable bonds is 10. The van der Waals surface area contributed by atoms with Crippen LogP contribution in [0.25, 0.3) is 0 Å². The second-order valence-electron chi connectivity index (χ2n) is 7.76. The van der Waals surface area contributed by atoms with Gasteiger partial charge in [-0.15, -0.1) is 0 Å². The van der Waals surface area contributed by atoms with Crippen LogP contribution < -0.4 is 16.0 Å². The summed E-state index contributed by atoms with van der Waals surface area (Å²) in [5.74, 6) is 0.325. The van der Waals surface area contributed by atoms with Gasteiger partial charge in [0.15, 0.2) is 5.76 Å². The minimum Gasteiger partial charge on any atom is -0.459 e. The fourth-order valence-electron chi connectivity index (χ4n) is 3.60. The van der Waals surface area contributed by atoms with E-state index in [1.165, 1.54) is 6.26 Å². The van der Waals surface area contributed by atoms with Gasteiger partial charge in [-0.3, -0.25) is 19.3 Å². The second-order valence-corrected chi connectivity index (χ2v) is 8.74. The number of anilines is 1. The van der Waals surface area contributed by atoms with Crippen LogP contribution in [0.2, 0.25) is 0 Å². The van der Waals surface area contributed by atoms with Crippen molar-refractivity contribution in [2.24, 2.45) is 0 Å². The largest absolute Gasteiger partial charge is 0.459 e. The average Bonchev–Trinajstić information content (AvgIpc) is 3.33. The lowest BCUT2D eigenvalue weighted by atomic mass is 10.0. The van der Waals surface area contributed by atoms with E-state index in [4.69, 9.17) is 4.42 Å². The number of nitrogens with one attached hydrogen (secondary N) is 3. The number of benzene rings is 1. The summed E-state index contributed by atoms with van der Waals surface area (Å²) in [5, 5.41) is 8.75. The predicted molar refractivity (Wildman–Crippen MR) is 126 cm³/mol. The molecule has 0 aliphatic carbocycles. The Labute approximate surface area is 192 Å². The van der Waals surface area contributed by atoms with E-state index in [1.54, 1.807) is 23.9 Å². The minimum absolute atomic E-state index is 0.0215. The number of para-hydroxylation sites is 1. The lowest BCUT2D eigenvalue weighted by molar-refractivity contribution is -0.124. The summed E-state index contributed by atoms with van der Waals surface area (Å²) in [6.45, 7) is 1.77. The molecule has 1 saturated heterocycles. The van der Waals surface area contributed by atoms with E-state index in [-0.39, 0.29) is 23.6 Å². The molecule has 1 aromatic heterocycles. The van der Waals surface area contributed by atoms with Gasteiger partial charge in [-0.1, -0.05) is 18.2 Å². The third-order valence-corrected chi connectivity index (χ3v) is 5.98. The van der Waals surface area contributed by atoms with Gasteiger partial charge in [0, 0.05) is 24.8 Å².